The molecule has 0 radical (unpaired) electrons. The Labute approximate surface area is 240 Å². The molecule has 3 aliphatic rings. The molecule has 1 saturated heterocycles. The highest BCUT2D eigenvalue weighted by Gasteiger charge is 2.68. The third-order valence-corrected chi connectivity index (χ3v) is 9.05. The molecule has 7 rings (SSSR count). The van der Waals surface area contributed by atoms with Crippen molar-refractivity contribution in [1.29, 1.82) is 0 Å². The summed E-state index contributed by atoms with van der Waals surface area (Å²) < 4.78 is 3.87. The molecule has 1 aromatic heterocycles. The zero-order chi connectivity index (χ0) is 29.3. The zero-order valence-corrected chi connectivity index (χ0v) is 23.1. The molecule has 3 heterocycles. The molecule has 2 aliphatic heterocycles. The van der Waals surface area contributed by atoms with Crippen LogP contribution >= 0.6 is 0 Å². The highest BCUT2D eigenvalue weighted by atomic mass is 16.3. The molecule has 0 bridgehead atoms. The third-order valence-electron chi connectivity index (χ3n) is 9.05. The molecule has 3 aromatic carbocycles. The number of benzene rings is 3. The van der Waals surface area contributed by atoms with Crippen molar-refractivity contribution in [2.24, 2.45) is 13.0 Å². The highest BCUT2D eigenvalue weighted by molar-refractivity contribution is 6.12. The fourth-order valence-electron chi connectivity index (χ4n) is 7.20. The number of fused-ring (bicyclic) bond motifs is 4. The Kier molecular flexibility index (Phi) is 5.66. The molecule has 2 fully saturated rings. The molecule has 10 nitrogen and oxygen atoms in total. The van der Waals surface area contributed by atoms with E-state index >= 15 is 0 Å². The average molecular weight is 564 g/mol. The monoisotopic (exact) mass is 563 g/mol. The van der Waals surface area contributed by atoms with Gasteiger partial charge in [-0.05, 0) is 54.3 Å². The molecule has 42 heavy (non-hydrogen) atoms. The maximum absolute atomic E-state index is 14.9. The largest absolute Gasteiger partial charge is 0.508 e. The Morgan fingerprint density at radius 1 is 0.905 bits per heavy atom. The number of aromatic hydroxyl groups is 1. The van der Waals surface area contributed by atoms with Crippen molar-refractivity contribution in [3.05, 3.63) is 128 Å². The van der Waals surface area contributed by atoms with E-state index in [-0.39, 0.29) is 18.7 Å². The minimum Gasteiger partial charge on any atom is -0.508 e. The summed E-state index contributed by atoms with van der Waals surface area (Å²) in [6.45, 7) is 2.09. The Morgan fingerprint density at radius 3 is 2.36 bits per heavy atom. The van der Waals surface area contributed by atoms with Gasteiger partial charge in [0, 0.05) is 13.0 Å². The number of aryl methyl sites for hydroxylation is 1. The van der Waals surface area contributed by atoms with E-state index < -0.39 is 46.5 Å². The van der Waals surface area contributed by atoms with Crippen LogP contribution < -0.4 is 16.8 Å². The molecule has 1 aliphatic carbocycles. The van der Waals surface area contributed by atoms with Gasteiger partial charge in [-0.15, -0.1) is 0 Å². The van der Waals surface area contributed by atoms with Crippen LogP contribution in [0.2, 0.25) is 0 Å². The van der Waals surface area contributed by atoms with Crippen molar-refractivity contribution < 1.29 is 14.7 Å². The highest BCUT2D eigenvalue weighted by Crippen LogP contribution is 2.61. The van der Waals surface area contributed by atoms with E-state index in [4.69, 9.17) is 0 Å². The number of aromatic nitrogens is 3. The topological polar surface area (TPSA) is 119 Å². The summed E-state index contributed by atoms with van der Waals surface area (Å²) in [6.07, 6.45) is 2.03. The predicted octanol–water partition coefficient (Wildman–Crippen LogP) is 2.98. The Balaban J connectivity index is 1.50. The molecule has 2 N–H and O–H groups in total. The number of phenols is 1. The van der Waals surface area contributed by atoms with Gasteiger partial charge in [0.15, 0.2) is 0 Å². The van der Waals surface area contributed by atoms with Crippen molar-refractivity contribution in [2.45, 2.75) is 37.3 Å². The number of imide groups is 1. The van der Waals surface area contributed by atoms with Gasteiger partial charge in [0.1, 0.15) is 5.75 Å². The number of phenolic OH excluding ortho intramolecular Hbond substituents is 1. The number of rotatable bonds is 4. The van der Waals surface area contributed by atoms with Crippen LogP contribution in [-0.2, 0) is 28.6 Å². The summed E-state index contributed by atoms with van der Waals surface area (Å²) in [7, 11) is 1.43. The molecule has 10 heteroatoms. The van der Waals surface area contributed by atoms with Crippen LogP contribution in [-0.4, -0.2) is 35.9 Å². The molecular weight excluding hydrogens is 534 g/mol. The van der Waals surface area contributed by atoms with Gasteiger partial charge in [-0.3, -0.25) is 15.0 Å². The summed E-state index contributed by atoms with van der Waals surface area (Å²) in [6, 6.07) is 22.7. The fraction of sp³-hybridized carbons (Fsp3) is 0.250. The van der Waals surface area contributed by atoms with Gasteiger partial charge in [0.05, 0.1) is 29.6 Å². The van der Waals surface area contributed by atoms with Gasteiger partial charge in [0.2, 0.25) is 0 Å². The lowest BCUT2D eigenvalue weighted by Crippen LogP contribution is -2.53. The Hall–Kier alpha value is -5.12. The molecule has 1 saturated carbocycles. The quantitative estimate of drug-likeness (QED) is 0.291. The first-order valence-electron chi connectivity index (χ1n) is 13.9. The van der Waals surface area contributed by atoms with Crippen molar-refractivity contribution >= 4 is 17.5 Å². The molecule has 4 aromatic rings. The van der Waals surface area contributed by atoms with Gasteiger partial charge < -0.3 is 5.11 Å². The van der Waals surface area contributed by atoms with Gasteiger partial charge in [-0.2, -0.15) is 5.01 Å². The van der Waals surface area contributed by atoms with E-state index in [9.17, 15) is 24.3 Å². The first-order valence-corrected chi connectivity index (χ1v) is 13.9. The van der Waals surface area contributed by atoms with E-state index in [2.05, 4.69) is 5.43 Å². The number of carbonyl (C=O) groups excluding carboxylic acids is 2. The number of hydrogen-bond donors (Lipinski definition) is 2. The van der Waals surface area contributed by atoms with E-state index in [1.54, 1.807) is 18.2 Å². The SMILES string of the molecule is Cc1ccc(NN2C(=O)C3CC4C(=CCn5c(=O)n(C)c(=O)n54)C(c4cccc(O)c4)C3(c3ccccc3)C2=O)cc1. The van der Waals surface area contributed by atoms with Gasteiger partial charge in [0.25, 0.3) is 11.8 Å². The van der Waals surface area contributed by atoms with Crippen LogP contribution in [0.1, 0.15) is 35.1 Å². The number of nitrogens with zero attached hydrogens (tertiary/aromatic N) is 4. The Morgan fingerprint density at radius 2 is 1.64 bits per heavy atom. The van der Waals surface area contributed by atoms with Crippen molar-refractivity contribution in [2.75, 3.05) is 5.43 Å². The number of anilines is 1. The number of hydrazine groups is 1. The second-order valence-corrected chi connectivity index (χ2v) is 11.3. The van der Waals surface area contributed by atoms with Crippen molar-refractivity contribution in [1.82, 2.24) is 18.9 Å². The lowest BCUT2D eigenvalue weighted by Gasteiger charge is -2.49. The zero-order valence-electron chi connectivity index (χ0n) is 23.1. The van der Waals surface area contributed by atoms with Crippen LogP contribution in [0.5, 0.6) is 5.75 Å². The minimum atomic E-state index is -1.38. The molecule has 4 unspecified atom stereocenters. The molecule has 212 valence electrons. The predicted molar refractivity (Wildman–Crippen MR) is 155 cm³/mol. The summed E-state index contributed by atoms with van der Waals surface area (Å²) in [4.78, 5) is 55.6. The summed E-state index contributed by atoms with van der Waals surface area (Å²) in [5, 5.41) is 11.7. The van der Waals surface area contributed by atoms with E-state index in [1.165, 1.54) is 16.4 Å². The van der Waals surface area contributed by atoms with Crippen molar-refractivity contribution in [3.63, 3.8) is 0 Å². The third kappa shape index (κ3) is 3.44. The van der Waals surface area contributed by atoms with Crippen LogP contribution in [0.4, 0.5) is 5.69 Å². The number of nitrogens with one attached hydrogen (secondary N) is 1. The van der Waals surface area contributed by atoms with Gasteiger partial charge in [-0.1, -0.05) is 66.2 Å². The smallest absolute Gasteiger partial charge is 0.347 e. The summed E-state index contributed by atoms with van der Waals surface area (Å²) in [5.74, 6) is -2.41. The van der Waals surface area contributed by atoms with Crippen LogP contribution in [0.25, 0.3) is 0 Å². The van der Waals surface area contributed by atoms with Crippen LogP contribution in [0.15, 0.2) is 100 Å². The Bertz CT molecular complexity index is 1900. The number of allylic oxidation sites excluding steroid dienone is 2. The van der Waals surface area contributed by atoms with Gasteiger partial charge in [-0.25, -0.2) is 23.5 Å². The first kappa shape index (κ1) is 25.8. The van der Waals surface area contributed by atoms with E-state index in [1.807, 2.05) is 73.7 Å². The maximum Gasteiger partial charge on any atom is 0.347 e. The number of carbonyl (C=O) groups is 2. The fourth-order valence-corrected chi connectivity index (χ4v) is 7.20. The molecule has 4 atom stereocenters. The lowest BCUT2D eigenvalue weighted by molar-refractivity contribution is -0.138. The first-order chi connectivity index (χ1) is 20.2. The van der Waals surface area contributed by atoms with Crippen LogP contribution in [0, 0.1) is 12.8 Å². The lowest BCUT2D eigenvalue weighted by atomic mass is 9.53. The normalized spacial score (nSPS) is 24.6. The summed E-state index contributed by atoms with van der Waals surface area (Å²) in [5.41, 5.74) is 4.44. The minimum absolute atomic E-state index is 0.0194. The molecule has 2 amide bonds. The second-order valence-electron chi connectivity index (χ2n) is 11.3. The maximum atomic E-state index is 14.9. The molecule has 0 spiro atoms. The standard InChI is InChI=1S/C32H29N5O5/c1-19-11-13-22(14-12-19)33-36-28(39)25-18-26-24(15-16-35-30(41)34(2)31(42)37(26)35)27(20-7-6-10-23(38)17-20)32(25,29(36)40)21-8-4-3-5-9-21/h3-15,17,25-27,33,38H,16,18H2,1-2H3. The van der Waals surface area contributed by atoms with E-state index in [0.29, 0.717) is 16.8 Å². The summed E-state index contributed by atoms with van der Waals surface area (Å²) >= 11 is 0. The molecular formula is C32H29N5O5. The van der Waals surface area contributed by atoms with Crippen molar-refractivity contribution in [3.8, 4) is 5.75 Å². The number of hydrogen-bond acceptors (Lipinski definition) is 6. The second kappa shape index (κ2) is 9.20. The number of amides is 2. The average Bonchev–Trinajstić information content (AvgIpc) is 3.35. The van der Waals surface area contributed by atoms with Crippen LogP contribution in [0.3, 0.4) is 0 Å². The van der Waals surface area contributed by atoms with E-state index in [0.717, 1.165) is 20.7 Å². The van der Waals surface area contributed by atoms with Gasteiger partial charge >= 0.3 is 11.4 Å².